The van der Waals surface area contributed by atoms with Gasteiger partial charge in [0.15, 0.2) is 5.60 Å². The summed E-state index contributed by atoms with van der Waals surface area (Å²) in [5, 5.41) is 0. The Morgan fingerprint density at radius 3 is 2.74 bits per heavy atom. The van der Waals surface area contributed by atoms with E-state index in [9.17, 15) is 0 Å². The van der Waals surface area contributed by atoms with Crippen molar-refractivity contribution in [2.75, 3.05) is 13.2 Å². The van der Waals surface area contributed by atoms with E-state index in [2.05, 4.69) is 39.0 Å². The third-order valence-corrected chi connectivity index (χ3v) is 7.25. The Labute approximate surface area is 139 Å². The minimum Gasteiger partial charge on any atom is -0.358 e. The maximum atomic E-state index is 6.47. The number of rotatable bonds is 1. The minimum absolute atomic E-state index is 0.212. The number of hydrogen-bond donors (Lipinski definition) is 0. The molecule has 0 aromatic heterocycles. The van der Waals surface area contributed by atoms with Crippen LogP contribution in [-0.4, -0.2) is 30.7 Å². The van der Waals surface area contributed by atoms with Crippen molar-refractivity contribution in [3.05, 3.63) is 23.8 Å². The van der Waals surface area contributed by atoms with Crippen LogP contribution in [0.5, 0.6) is 0 Å². The first-order valence-electron chi connectivity index (χ1n) is 9.38. The van der Waals surface area contributed by atoms with Gasteiger partial charge in [-0.25, -0.2) is 0 Å². The number of ether oxygens (including phenoxy) is 3. The largest absolute Gasteiger partial charge is 0.358 e. The summed E-state index contributed by atoms with van der Waals surface area (Å²) in [5.74, 6) is 1.43. The van der Waals surface area contributed by atoms with Crippen molar-refractivity contribution in [3.8, 4) is 0 Å². The Balaban J connectivity index is 1.70. The fourth-order valence-electron chi connectivity index (χ4n) is 6.14. The van der Waals surface area contributed by atoms with Gasteiger partial charge in [0.1, 0.15) is 0 Å². The molecule has 0 unspecified atom stereocenters. The number of fused-ring (bicyclic) bond motifs is 3. The first-order valence-corrected chi connectivity index (χ1v) is 9.38. The van der Waals surface area contributed by atoms with Crippen molar-refractivity contribution >= 4 is 0 Å². The van der Waals surface area contributed by atoms with Gasteiger partial charge in [0.25, 0.3) is 0 Å². The zero-order valence-corrected chi connectivity index (χ0v) is 14.5. The van der Waals surface area contributed by atoms with Crippen LogP contribution in [0.15, 0.2) is 23.8 Å². The maximum Gasteiger partial charge on any atom is 0.206 e. The Hall–Kier alpha value is -0.640. The highest BCUT2D eigenvalue weighted by molar-refractivity contribution is 5.45. The van der Waals surface area contributed by atoms with Gasteiger partial charge < -0.3 is 14.2 Å². The molecule has 3 aliphatic heterocycles. The summed E-state index contributed by atoms with van der Waals surface area (Å²) in [6.45, 7) is 8.50. The molecule has 2 bridgehead atoms. The zero-order valence-electron chi connectivity index (χ0n) is 14.5. The maximum absolute atomic E-state index is 6.47. The first kappa shape index (κ1) is 14.7. The molecule has 0 amide bonds. The molecule has 2 spiro atoms. The van der Waals surface area contributed by atoms with E-state index in [1.807, 2.05) is 0 Å². The molecule has 2 saturated heterocycles. The average Bonchev–Trinajstić information content (AvgIpc) is 3.05. The van der Waals surface area contributed by atoms with Crippen LogP contribution in [-0.2, 0) is 14.2 Å². The van der Waals surface area contributed by atoms with Gasteiger partial charge in [0.05, 0.1) is 19.3 Å². The molecule has 6 atom stereocenters. The summed E-state index contributed by atoms with van der Waals surface area (Å²) in [5.41, 5.74) is 1.28. The van der Waals surface area contributed by atoms with E-state index in [4.69, 9.17) is 14.2 Å². The van der Waals surface area contributed by atoms with E-state index in [-0.39, 0.29) is 11.5 Å². The Bertz CT molecular complexity index is 594. The molecule has 5 aliphatic rings. The predicted molar refractivity (Wildman–Crippen MR) is 87.9 cm³/mol. The summed E-state index contributed by atoms with van der Waals surface area (Å²) in [6, 6.07) is 0. The van der Waals surface area contributed by atoms with Gasteiger partial charge in [-0.3, -0.25) is 0 Å². The second kappa shape index (κ2) is 4.50. The van der Waals surface area contributed by atoms with Crippen LogP contribution in [0.25, 0.3) is 0 Å². The number of allylic oxidation sites excluding steroid dienone is 1. The second-order valence-electron chi connectivity index (χ2n) is 8.77. The summed E-state index contributed by atoms with van der Waals surface area (Å²) >= 11 is 0. The quantitative estimate of drug-likeness (QED) is 0.688. The Morgan fingerprint density at radius 2 is 1.91 bits per heavy atom. The summed E-state index contributed by atoms with van der Waals surface area (Å²) < 4.78 is 19.1. The van der Waals surface area contributed by atoms with E-state index >= 15 is 0 Å². The molecule has 0 radical (unpaired) electrons. The van der Waals surface area contributed by atoms with Crippen molar-refractivity contribution in [1.29, 1.82) is 0 Å². The van der Waals surface area contributed by atoms with Crippen LogP contribution in [0.4, 0.5) is 0 Å². The highest BCUT2D eigenvalue weighted by Crippen LogP contribution is 2.64. The monoisotopic (exact) mass is 316 g/mol. The molecule has 3 heteroatoms. The van der Waals surface area contributed by atoms with Crippen molar-refractivity contribution in [2.24, 2.45) is 23.2 Å². The van der Waals surface area contributed by atoms with Gasteiger partial charge in [0, 0.05) is 6.42 Å². The van der Waals surface area contributed by atoms with Crippen LogP contribution in [0.2, 0.25) is 0 Å². The van der Waals surface area contributed by atoms with Crippen LogP contribution in [0, 0.1) is 23.2 Å². The SMILES string of the molecule is CC(C)[C@H]1CC[C@]2(C)C=C[C@@]34OCCO[C@@]35CC[C@H](C=C4[C@H]12)O5. The van der Waals surface area contributed by atoms with Crippen molar-refractivity contribution in [2.45, 2.75) is 63.9 Å². The molecule has 0 aromatic carbocycles. The highest BCUT2D eigenvalue weighted by atomic mass is 16.7. The van der Waals surface area contributed by atoms with Crippen LogP contribution in [0.3, 0.4) is 0 Å². The average molecular weight is 316 g/mol. The Morgan fingerprint density at radius 1 is 1.09 bits per heavy atom. The fourth-order valence-corrected chi connectivity index (χ4v) is 6.14. The lowest BCUT2D eigenvalue weighted by Gasteiger charge is -2.57. The zero-order chi connectivity index (χ0) is 15.9. The molecule has 1 saturated carbocycles. The molecule has 5 rings (SSSR count). The van der Waals surface area contributed by atoms with Gasteiger partial charge in [-0.05, 0) is 54.1 Å². The van der Waals surface area contributed by atoms with Gasteiger partial charge >= 0.3 is 0 Å². The molecule has 23 heavy (non-hydrogen) atoms. The first-order chi connectivity index (χ1) is 11.0. The third-order valence-electron chi connectivity index (χ3n) is 7.25. The molecule has 3 heterocycles. The lowest BCUT2D eigenvalue weighted by atomic mass is 9.60. The minimum atomic E-state index is -0.568. The molecule has 0 aromatic rings. The molecular formula is C20H28O3. The van der Waals surface area contributed by atoms with Gasteiger partial charge in [-0.15, -0.1) is 0 Å². The standard InChI is InChI=1S/C20H28O3/c1-13(2)15-5-6-18(3)8-9-19-16(17(15)18)12-14-4-7-20(19,23-14)22-11-10-21-19/h8-9,12-15,17H,4-7,10-11H2,1-3H3/t14-,15-,17+,18-,19+,20-/m1/s1. The Kier molecular flexibility index (Phi) is 2.87. The second-order valence-corrected chi connectivity index (χ2v) is 8.77. The smallest absolute Gasteiger partial charge is 0.206 e. The van der Waals surface area contributed by atoms with Crippen molar-refractivity contribution in [3.63, 3.8) is 0 Å². The van der Waals surface area contributed by atoms with E-state index < -0.39 is 11.4 Å². The number of hydrogen-bond acceptors (Lipinski definition) is 3. The molecule has 126 valence electrons. The molecular weight excluding hydrogens is 288 g/mol. The van der Waals surface area contributed by atoms with Crippen LogP contribution < -0.4 is 0 Å². The molecule has 3 fully saturated rings. The van der Waals surface area contributed by atoms with Crippen molar-refractivity contribution < 1.29 is 14.2 Å². The summed E-state index contributed by atoms with van der Waals surface area (Å²) in [7, 11) is 0. The van der Waals surface area contributed by atoms with Gasteiger partial charge in [0.2, 0.25) is 5.79 Å². The summed E-state index contributed by atoms with van der Waals surface area (Å²) in [4.78, 5) is 0. The van der Waals surface area contributed by atoms with E-state index in [0.29, 0.717) is 25.0 Å². The predicted octanol–water partition coefficient (Wildman–Crippen LogP) is 3.85. The molecule has 2 aliphatic carbocycles. The lowest BCUT2D eigenvalue weighted by Crippen LogP contribution is -2.65. The topological polar surface area (TPSA) is 27.7 Å². The summed E-state index contributed by atoms with van der Waals surface area (Å²) in [6.07, 6.45) is 12.0. The van der Waals surface area contributed by atoms with E-state index in [1.165, 1.54) is 18.4 Å². The third kappa shape index (κ3) is 1.66. The lowest BCUT2D eigenvalue weighted by molar-refractivity contribution is -0.339. The molecule has 3 nitrogen and oxygen atoms in total. The van der Waals surface area contributed by atoms with Gasteiger partial charge in [-0.1, -0.05) is 32.9 Å². The van der Waals surface area contributed by atoms with Crippen LogP contribution in [0.1, 0.15) is 46.5 Å². The normalized spacial score (nSPS) is 53.7. The van der Waals surface area contributed by atoms with Crippen molar-refractivity contribution in [1.82, 2.24) is 0 Å². The van der Waals surface area contributed by atoms with Crippen LogP contribution >= 0.6 is 0 Å². The molecule has 0 N–H and O–H groups in total. The van der Waals surface area contributed by atoms with Gasteiger partial charge in [-0.2, -0.15) is 0 Å². The fraction of sp³-hybridized carbons (Fsp3) is 0.800. The highest BCUT2D eigenvalue weighted by Gasteiger charge is 2.68. The van der Waals surface area contributed by atoms with E-state index in [1.54, 1.807) is 0 Å². The van der Waals surface area contributed by atoms with E-state index in [0.717, 1.165) is 18.8 Å².